The predicted molar refractivity (Wildman–Crippen MR) is 146 cm³/mol. The smallest absolute Gasteiger partial charge is 0.321 e. The van der Waals surface area contributed by atoms with Crippen LogP contribution in [0.2, 0.25) is 5.02 Å². The number of anilines is 2. The van der Waals surface area contributed by atoms with Gasteiger partial charge in [0.1, 0.15) is 0 Å². The van der Waals surface area contributed by atoms with Crippen LogP contribution >= 0.6 is 11.6 Å². The van der Waals surface area contributed by atoms with E-state index in [1.807, 2.05) is 65.6 Å². The highest BCUT2D eigenvalue weighted by atomic mass is 35.5. The first-order valence-corrected chi connectivity index (χ1v) is 12.5. The van der Waals surface area contributed by atoms with E-state index in [2.05, 4.69) is 10.2 Å². The highest BCUT2D eigenvalue weighted by Crippen LogP contribution is 2.26. The zero-order chi connectivity index (χ0) is 26.6. The third kappa shape index (κ3) is 6.49. The van der Waals surface area contributed by atoms with Gasteiger partial charge in [0.25, 0.3) is 0 Å². The first-order valence-electron chi connectivity index (χ1n) is 12.2. The molecule has 8 heteroatoms. The molecule has 7 nitrogen and oxygen atoms in total. The quantitative estimate of drug-likeness (QED) is 0.371. The van der Waals surface area contributed by atoms with Crippen LogP contribution in [0.15, 0.2) is 72.8 Å². The molecule has 1 aliphatic rings. The summed E-state index contributed by atoms with van der Waals surface area (Å²) in [7, 11) is 0. The first kappa shape index (κ1) is 26.2. The lowest BCUT2D eigenvalue weighted by molar-refractivity contribution is -0.146. The zero-order valence-electron chi connectivity index (χ0n) is 20.9. The summed E-state index contributed by atoms with van der Waals surface area (Å²) in [5, 5.41) is 12.9. The number of carboxylic acid groups (broad SMARTS) is 1. The van der Waals surface area contributed by atoms with E-state index in [4.69, 9.17) is 11.6 Å². The molecule has 0 atom stereocenters. The largest absolute Gasteiger partial charge is 0.481 e. The monoisotopic (exact) mass is 519 g/mol. The van der Waals surface area contributed by atoms with Gasteiger partial charge in [-0.1, -0.05) is 48.0 Å². The standard InChI is InChI=1S/C29H30ClN3O4/c1-29(2,27(35)36)19-26(34)22-5-3-20(4-6-22)21-7-11-24(12-8-21)31-28(37)33-17-15-32(16-18-33)25-13-9-23(30)10-14-25/h3-14H,15-19H2,1-2H3,(H,31,37)(H,35,36). The van der Waals surface area contributed by atoms with E-state index >= 15 is 0 Å². The predicted octanol–water partition coefficient (Wildman–Crippen LogP) is 6.04. The molecule has 1 saturated heterocycles. The van der Waals surface area contributed by atoms with Gasteiger partial charge in [-0.15, -0.1) is 0 Å². The highest BCUT2D eigenvalue weighted by Gasteiger charge is 2.30. The van der Waals surface area contributed by atoms with Gasteiger partial charge in [0.2, 0.25) is 0 Å². The number of hydrogen-bond donors (Lipinski definition) is 2. The van der Waals surface area contributed by atoms with E-state index in [1.165, 1.54) is 0 Å². The molecule has 0 aromatic heterocycles. The van der Waals surface area contributed by atoms with Crippen molar-refractivity contribution in [1.29, 1.82) is 0 Å². The number of urea groups is 1. The molecular formula is C29H30ClN3O4. The number of nitrogens with one attached hydrogen (secondary N) is 1. The van der Waals surface area contributed by atoms with Gasteiger partial charge in [0.15, 0.2) is 5.78 Å². The van der Waals surface area contributed by atoms with Crippen molar-refractivity contribution in [3.05, 3.63) is 83.4 Å². The molecule has 3 aromatic rings. The number of halogens is 1. The fourth-order valence-electron chi connectivity index (χ4n) is 4.20. The normalized spacial score (nSPS) is 13.8. The van der Waals surface area contributed by atoms with Crippen LogP contribution in [0.25, 0.3) is 11.1 Å². The fraction of sp³-hybridized carbons (Fsp3) is 0.276. The van der Waals surface area contributed by atoms with Crippen LogP contribution in [0.5, 0.6) is 0 Å². The van der Waals surface area contributed by atoms with Gasteiger partial charge in [0, 0.05) is 54.6 Å². The van der Waals surface area contributed by atoms with Crippen LogP contribution in [0, 0.1) is 5.41 Å². The van der Waals surface area contributed by atoms with Gasteiger partial charge >= 0.3 is 12.0 Å². The molecular weight excluding hydrogens is 490 g/mol. The third-order valence-electron chi connectivity index (χ3n) is 6.62. The van der Waals surface area contributed by atoms with Crippen LogP contribution in [-0.4, -0.2) is 54.0 Å². The average molecular weight is 520 g/mol. The summed E-state index contributed by atoms with van der Waals surface area (Å²) in [4.78, 5) is 40.6. The maximum Gasteiger partial charge on any atom is 0.321 e. The minimum absolute atomic E-state index is 0.0632. The van der Waals surface area contributed by atoms with Gasteiger partial charge in [-0.3, -0.25) is 9.59 Å². The van der Waals surface area contributed by atoms with E-state index in [9.17, 15) is 19.5 Å². The number of benzene rings is 3. The van der Waals surface area contributed by atoms with Gasteiger partial charge in [0.05, 0.1) is 5.41 Å². The summed E-state index contributed by atoms with van der Waals surface area (Å²) in [5.41, 5.74) is 3.04. The number of hydrogen-bond acceptors (Lipinski definition) is 4. The Morgan fingerprint density at radius 3 is 1.92 bits per heavy atom. The summed E-state index contributed by atoms with van der Waals surface area (Å²) >= 11 is 5.97. The maximum absolute atomic E-state index is 12.8. The van der Waals surface area contributed by atoms with Crippen LogP contribution in [0.1, 0.15) is 30.6 Å². The Bertz CT molecular complexity index is 1260. The Morgan fingerprint density at radius 2 is 1.38 bits per heavy atom. The molecule has 0 spiro atoms. The number of carboxylic acids is 1. The second-order valence-electron chi connectivity index (χ2n) is 9.82. The van der Waals surface area contributed by atoms with Crippen molar-refractivity contribution in [3.8, 4) is 11.1 Å². The number of Topliss-reactive ketones (excluding diaryl/α,β-unsaturated/α-hetero) is 1. The van der Waals surface area contributed by atoms with Gasteiger partial charge in [-0.05, 0) is 61.4 Å². The molecule has 1 heterocycles. The molecule has 3 aromatic carbocycles. The van der Waals surface area contributed by atoms with Crippen LogP contribution in [0.4, 0.5) is 16.2 Å². The van der Waals surface area contributed by atoms with E-state index < -0.39 is 11.4 Å². The lowest BCUT2D eigenvalue weighted by Gasteiger charge is -2.36. The summed E-state index contributed by atoms with van der Waals surface area (Å²) in [6, 6.07) is 22.3. The van der Waals surface area contributed by atoms with E-state index in [-0.39, 0.29) is 18.2 Å². The molecule has 192 valence electrons. The lowest BCUT2D eigenvalue weighted by Crippen LogP contribution is -2.50. The summed E-state index contributed by atoms with van der Waals surface area (Å²) < 4.78 is 0. The highest BCUT2D eigenvalue weighted by molar-refractivity contribution is 6.30. The Balaban J connectivity index is 1.31. The van der Waals surface area contributed by atoms with Crippen LogP contribution in [0.3, 0.4) is 0 Å². The fourth-order valence-corrected chi connectivity index (χ4v) is 4.32. The SMILES string of the molecule is CC(C)(CC(=O)c1ccc(-c2ccc(NC(=O)N3CCN(c4ccc(Cl)cc4)CC3)cc2)cc1)C(=O)O. The summed E-state index contributed by atoms with van der Waals surface area (Å²) in [5.74, 6) is -1.20. The molecule has 2 amide bonds. The Kier molecular flexibility index (Phi) is 7.83. The van der Waals surface area contributed by atoms with Crippen LogP contribution < -0.4 is 10.2 Å². The second-order valence-corrected chi connectivity index (χ2v) is 10.3. The molecule has 2 N–H and O–H groups in total. The molecule has 0 radical (unpaired) electrons. The molecule has 1 fully saturated rings. The lowest BCUT2D eigenvalue weighted by atomic mass is 9.85. The van der Waals surface area contributed by atoms with Crippen molar-refractivity contribution in [2.24, 2.45) is 5.41 Å². The number of nitrogens with zero attached hydrogens (tertiary/aromatic N) is 2. The van der Waals surface area contributed by atoms with Crippen LogP contribution in [-0.2, 0) is 4.79 Å². The number of ketones is 1. The van der Waals surface area contributed by atoms with Crippen molar-refractivity contribution in [2.75, 3.05) is 36.4 Å². The van der Waals surface area contributed by atoms with E-state index in [0.717, 1.165) is 29.9 Å². The molecule has 0 bridgehead atoms. The number of carbonyl (C=O) groups is 3. The van der Waals surface area contributed by atoms with Crippen molar-refractivity contribution in [3.63, 3.8) is 0 Å². The molecule has 37 heavy (non-hydrogen) atoms. The Morgan fingerprint density at radius 1 is 0.838 bits per heavy atom. The number of carbonyl (C=O) groups excluding carboxylic acids is 2. The van der Waals surface area contributed by atoms with Gasteiger partial charge in [-0.2, -0.15) is 0 Å². The molecule has 1 aliphatic heterocycles. The first-order chi connectivity index (χ1) is 17.6. The number of aliphatic carboxylic acids is 1. The van der Waals surface area contributed by atoms with E-state index in [0.29, 0.717) is 29.4 Å². The Labute approximate surface area is 221 Å². The van der Waals surface area contributed by atoms with Crippen molar-refractivity contribution < 1.29 is 19.5 Å². The van der Waals surface area contributed by atoms with Crippen molar-refractivity contribution in [2.45, 2.75) is 20.3 Å². The third-order valence-corrected chi connectivity index (χ3v) is 6.87. The minimum atomic E-state index is -1.11. The molecule has 4 rings (SSSR count). The van der Waals surface area contributed by atoms with Gasteiger partial charge in [-0.25, -0.2) is 4.79 Å². The topological polar surface area (TPSA) is 90.0 Å². The number of piperazine rings is 1. The minimum Gasteiger partial charge on any atom is -0.481 e. The van der Waals surface area contributed by atoms with Gasteiger partial charge < -0.3 is 20.2 Å². The second kappa shape index (κ2) is 11.0. The molecule has 0 saturated carbocycles. The summed E-state index contributed by atoms with van der Waals surface area (Å²) in [6.07, 6.45) is -0.0632. The maximum atomic E-state index is 12.8. The Hall–Kier alpha value is -3.84. The number of amides is 2. The van der Waals surface area contributed by atoms with E-state index in [1.54, 1.807) is 26.0 Å². The zero-order valence-corrected chi connectivity index (χ0v) is 21.7. The van der Waals surface area contributed by atoms with Crippen molar-refractivity contribution in [1.82, 2.24) is 4.90 Å². The summed E-state index contributed by atoms with van der Waals surface area (Å²) in [6.45, 7) is 5.84. The molecule has 0 unspecified atom stereocenters. The molecule has 0 aliphatic carbocycles. The number of rotatable bonds is 7. The van der Waals surface area contributed by atoms with Crippen molar-refractivity contribution >= 4 is 40.8 Å². The average Bonchev–Trinajstić information content (AvgIpc) is 2.89.